The maximum atomic E-state index is 12.4. The Morgan fingerprint density at radius 1 is 1.08 bits per heavy atom. The van der Waals surface area contributed by atoms with Gasteiger partial charge in [-0.05, 0) is 19.1 Å². The summed E-state index contributed by atoms with van der Waals surface area (Å²) >= 11 is 1.33. The minimum absolute atomic E-state index is 0.0418. The fourth-order valence-electron chi connectivity index (χ4n) is 2.46. The lowest BCUT2D eigenvalue weighted by molar-refractivity contribution is -0.903. The van der Waals surface area contributed by atoms with Gasteiger partial charge in [0, 0.05) is 10.5 Å². The van der Waals surface area contributed by atoms with Crippen molar-refractivity contribution < 1.29 is 14.5 Å². The van der Waals surface area contributed by atoms with E-state index in [1.807, 2.05) is 42.5 Å². The average molecular weight is 358 g/mol. The van der Waals surface area contributed by atoms with Gasteiger partial charge in [0.25, 0.3) is 5.91 Å². The van der Waals surface area contributed by atoms with Gasteiger partial charge < -0.3 is 16.0 Å². The number of thioether (sulfide) groups is 1. The molecule has 0 bridgehead atoms. The number of carbonyl (C=O) groups excluding carboxylic acids is 2. The minimum Gasteiger partial charge on any atom is -0.369 e. The van der Waals surface area contributed by atoms with Gasteiger partial charge in [-0.15, -0.1) is 11.8 Å². The third-order valence-corrected chi connectivity index (χ3v) is 4.83. The highest BCUT2D eigenvalue weighted by Crippen LogP contribution is 2.26. The van der Waals surface area contributed by atoms with Crippen molar-refractivity contribution in [3.8, 4) is 0 Å². The Kier molecular flexibility index (Phi) is 7.50. The van der Waals surface area contributed by atoms with Gasteiger partial charge in [-0.2, -0.15) is 0 Å². The molecule has 6 heteroatoms. The van der Waals surface area contributed by atoms with E-state index in [1.54, 1.807) is 0 Å². The second-order valence-electron chi connectivity index (χ2n) is 5.74. The molecule has 132 valence electrons. The number of nitrogens with two attached hydrogens (primary N) is 1. The molecule has 0 heterocycles. The SMILES string of the molecule is CC[NH+](CC(=O)Nc1ccccc1SCC(N)=O)Cc1ccccc1. The number of para-hydroxylation sites is 1. The van der Waals surface area contributed by atoms with Crippen LogP contribution in [0.1, 0.15) is 12.5 Å². The largest absolute Gasteiger partial charge is 0.369 e. The zero-order chi connectivity index (χ0) is 18.1. The van der Waals surface area contributed by atoms with Crippen molar-refractivity contribution in [1.82, 2.24) is 0 Å². The number of rotatable bonds is 9. The van der Waals surface area contributed by atoms with Gasteiger partial charge in [0.05, 0.1) is 18.0 Å². The Morgan fingerprint density at radius 2 is 1.76 bits per heavy atom. The third-order valence-electron chi connectivity index (χ3n) is 3.74. The summed E-state index contributed by atoms with van der Waals surface area (Å²) in [6.45, 7) is 4.13. The number of nitrogens with one attached hydrogen (secondary N) is 2. The summed E-state index contributed by atoms with van der Waals surface area (Å²) in [7, 11) is 0. The van der Waals surface area contributed by atoms with Crippen molar-refractivity contribution in [3.05, 3.63) is 60.2 Å². The molecule has 0 aliphatic rings. The van der Waals surface area contributed by atoms with Crippen LogP contribution >= 0.6 is 11.8 Å². The molecule has 2 aromatic rings. The first kappa shape index (κ1) is 19.0. The molecule has 0 aromatic heterocycles. The molecule has 0 spiro atoms. The molecule has 0 aliphatic heterocycles. The van der Waals surface area contributed by atoms with Crippen molar-refractivity contribution in [1.29, 1.82) is 0 Å². The van der Waals surface area contributed by atoms with Crippen molar-refractivity contribution in [3.63, 3.8) is 0 Å². The number of amides is 2. The maximum Gasteiger partial charge on any atom is 0.279 e. The zero-order valence-corrected chi connectivity index (χ0v) is 15.1. The first-order valence-electron chi connectivity index (χ1n) is 8.26. The molecule has 2 rings (SSSR count). The lowest BCUT2D eigenvalue weighted by Crippen LogP contribution is -3.11. The summed E-state index contributed by atoms with van der Waals surface area (Å²) in [5.74, 6) is -0.233. The van der Waals surface area contributed by atoms with Gasteiger partial charge in [0.2, 0.25) is 5.91 Å². The highest BCUT2D eigenvalue weighted by Gasteiger charge is 2.15. The van der Waals surface area contributed by atoms with E-state index < -0.39 is 0 Å². The van der Waals surface area contributed by atoms with Crippen LogP contribution in [-0.4, -0.2) is 30.7 Å². The van der Waals surface area contributed by atoms with E-state index >= 15 is 0 Å². The monoisotopic (exact) mass is 358 g/mol. The molecule has 2 aromatic carbocycles. The number of anilines is 1. The van der Waals surface area contributed by atoms with Crippen molar-refractivity contribution >= 4 is 29.3 Å². The van der Waals surface area contributed by atoms with E-state index in [0.717, 1.165) is 18.0 Å². The molecule has 5 nitrogen and oxygen atoms in total. The van der Waals surface area contributed by atoms with Crippen LogP contribution in [0.5, 0.6) is 0 Å². The fraction of sp³-hybridized carbons (Fsp3) is 0.263. The molecule has 0 fully saturated rings. The van der Waals surface area contributed by atoms with Crippen LogP contribution in [-0.2, 0) is 16.1 Å². The van der Waals surface area contributed by atoms with E-state index in [-0.39, 0.29) is 17.6 Å². The molecule has 25 heavy (non-hydrogen) atoms. The molecule has 4 N–H and O–H groups in total. The number of carbonyl (C=O) groups is 2. The third kappa shape index (κ3) is 6.60. The Balaban J connectivity index is 1.95. The van der Waals surface area contributed by atoms with Gasteiger partial charge in [0.1, 0.15) is 6.54 Å². The summed E-state index contributed by atoms with van der Waals surface area (Å²) in [6, 6.07) is 17.6. The van der Waals surface area contributed by atoms with Crippen LogP contribution in [0, 0.1) is 0 Å². The maximum absolute atomic E-state index is 12.4. The standard InChI is InChI=1S/C19H23N3O2S/c1-2-22(12-15-8-4-3-5-9-15)13-19(24)21-16-10-6-7-11-17(16)25-14-18(20)23/h3-11H,2,12-14H2,1H3,(H2,20,23)(H,21,24)/p+1. The molecule has 0 saturated carbocycles. The molecule has 1 unspecified atom stereocenters. The predicted molar refractivity (Wildman–Crippen MR) is 102 cm³/mol. The highest BCUT2D eigenvalue weighted by atomic mass is 32.2. The van der Waals surface area contributed by atoms with E-state index in [4.69, 9.17) is 5.73 Å². The van der Waals surface area contributed by atoms with Crippen LogP contribution in [0.25, 0.3) is 0 Å². The lowest BCUT2D eigenvalue weighted by atomic mass is 10.2. The molecule has 0 radical (unpaired) electrons. The van der Waals surface area contributed by atoms with Crippen molar-refractivity contribution in [2.24, 2.45) is 5.73 Å². The predicted octanol–water partition coefficient (Wildman–Crippen LogP) is 1.31. The molecule has 1 atom stereocenters. The number of primary amides is 1. The molecule has 0 saturated heterocycles. The van der Waals surface area contributed by atoms with Crippen LogP contribution in [0.2, 0.25) is 0 Å². The number of quaternary nitrogens is 1. The number of hydrogen-bond acceptors (Lipinski definition) is 3. The van der Waals surface area contributed by atoms with Gasteiger partial charge in [-0.25, -0.2) is 0 Å². The van der Waals surface area contributed by atoms with E-state index in [0.29, 0.717) is 12.2 Å². The van der Waals surface area contributed by atoms with E-state index in [1.165, 1.54) is 22.2 Å². The molecular formula is C19H24N3O2S+. The first-order valence-corrected chi connectivity index (χ1v) is 9.24. The average Bonchev–Trinajstić information content (AvgIpc) is 2.61. The second kappa shape index (κ2) is 9.86. The van der Waals surface area contributed by atoms with Crippen LogP contribution in [0.15, 0.2) is 59.5 Å². The Morgan fingerprint density at radius 3 is 2.44 bits per heavy atom. The van der Waals surface area contributed by atoms with Crippen molar-refractivity contribution in [2.45, 2.75) is 18.4 Å². The van der Waals surface area contributed by atoms with Gasteiger partial charge in [0.15, 0.2) is 6.54 Å². The molecule has 0 aliphatic carbocycles. The first-order chi connectivity index (χ1) is 12.1. The summed E-state index contributed by atoms with van der Waals surface area (Å²) < 4.78 is 0. The van der Waals surface area contributed by atoms with Gasteiger partial charge in [-0.1, -0.05) is 42.5 Å². The summed E-state index contributed by atoms with van der Waals surface area (Å²) in [5, 5.41) is 2.95. The van der Waals surface area contributed by atoms with Crippen LogP contribution in [0.4, 0.5) is 5.69 Å². The van der Waals surface area contributed by atoms with Crippen LogP contribution in [0.3, 0.4) is 0 Å². The zero-order valence-electron chi connectivity index (χ0n) is 14.3. The minimum atomic E-state index is -0.379. The summed E-state index contributed by atoms with van der Waals surface area (Å²) in [4.78, 5) is 25.4. The summed E-state index contributed by atoms with van der Waals surface area (Å²) in [5.41, 5.74) is 7.13. The smallest absolute Gasteiger partial charge is 0.279 e. The highest BCUT2D eigenvalue weighted by molar-refractivity contribution is 8.00. The Bertz CT molecular complexity index is 707. The second-order valence-corrected chi connectivity index (χ2v) is 6.76. The number of likely N-dealkylation sites (N-methyl/N-ethyl adjacent to an activating group) is 1. The summed E-state index contributed by atoms with van der Waals surface area (Å²) in [6.07, 6.45) is 0. The van der Waals surface area contributed by atoms with Crippen LogP contribution < -0.4 is 16.0 Å². The number of hydrogen-bond donors (Lipinski definition) is 3. The van der Waals surface area contributed by atoms with E-state index in [9.17, 15) is 9.59 Å². The molecular weight excluding hydrogens is 334 g/mol. The number of benzene rings is 2. The Labute approximate surface area is 152 Å². The lowest BCUT2D eigenvalue weighted by Gasteiger charge is -2.18. The normalized spacial score (nSPS) is 11.7. The topological polar surface area (TPSA) is 76.6 Å². The van der Waals surface area contributed by atoms with Gasteiger partial charge in [-0.3, -0.25) is 9.59 Å². The molecule has 2 amide bonds. The van der Waals surface area contributed by atoms with Crippen molar-refractivity contribution in [2.75, 3.05) is 24.2 Å². The fourth-order valence-corrected chi connectivity index (χ4v) is 3.21. The quantitative estimate of drug-likeness (QED) is 0.592. The Hall–Kier alpha value is -2.31. The van der Waals surface area contributed by atoms with Gasteiger partial charge >= 0.3 is 0 Å². The van der Waals surface area contributed by atoms with E-state index in [2.05, 4.69) is 24.4 Å².